The second kappa shape index (κ2) is 13.1. The normalized spacial score (nSPS) is 19.7. The third-order valence-corrected chi connectivity index (χ3v) is 7.41. The molecule has 0 unspecified atom stereocenters. The number of carboxylic acid groups (broad SMARTS) is 1. The van der Waals surface area contributed by atoms with E-state index >= 15 is 0 Å². The van der Waals surface area contributed by atoms with Gasteiger partial charge in [0.1, 0.15) is 5.60 Å². The molecule has 0 spiro atoms. The van der Waals surface area contributed by atoms with Gasteiger partial charge in [0, 0.05) is 39.3 Å². The minimum Gasteiger partial charge on any atom is -0.481 e. The third-order valence-electron chi connectivity index (χ3n) is 7.41. The second-order valence-corrected chi connectivity index (χ2v) is 12.5. The Labute approximate surface area is 246 Å². The zero-order chi connectivity index (χ0) is 30.6. The Morgan fingerprint density at radius 3 is 2.43 bits per heavy atom. The number of carboxylic acids is 1. The van der Waals surface area contributed by atoms with Gasteiger partial charge < -0.3 is 33.8 Å². The molecule has 3 heterocycles. The summed E-state index contributed by atoms with van der Waals surface area (Å²) in [4.78, 5) is 62.4. The predicted octanol–water partition coefficient (Wildman–Crippen LogP) is 3.09. The lowest BCUT2D eigenvalue weighted by Crippen LogP contribution is -2.58. The number of carbonyl (C=O) groups is 4. The van der Waals surface area contributed by atoms with E-state index in [9.17, 15) is 24.3 Å². The lowest BCUT2D eigenvalue weighted by Gasteiger charge is -2.44. The molecule has 2 aliphatic rings. The molecule has 2 aliphatic heterocycles. The van der Waals surface area contributed by atoms with Crippen molar-refractivity contribution in [2.24, 2.45) is 11.8 Å². The van der Waals surface area contributed by atoms with Crippen molar-refractivity contribution >= 4 is 34.9 Å². The maximum Gasteiger partial charge on any atom is 0.410 e. The Morgan fingerprint density at radius 1 is 1.10 bits per heavy atom. The van der Waals surface area contributed by atoms with Crippen LogP contribution in [-0.2, 0) is 25.6 Å². The highest BCUT2D eigenvalue weighted by Crippen LogP contribution is 2.28. The number of carbonyl (C=O) groups excluding carboxylic acids is 3. The van der Waals surface area contributed by atoms with Gasteiger partial charge in [0.05, 0.1) is 42.6 Å². The molecular formula is C30H43N5O7. The number of fused-ring (bicyclic) bond motifs is 1. The number of ether oxygens (including phenoxy) is 2. The fraction of sp³-hybridized carbons (Fsp3) is 0.633. The van der Waals surface area contributed by atoms with Gasteiger partial charge in [-0.25, -0.2) is 9.78 Å². The van der Waals surface area contributed by atoms with E-state index in [0.29, 0.717) is 50.3 Å². The maximum absolute atomic E-state index is 14.3. The van der Waals surface area contributed by atoms with Gasteiger partial charge in [-0.05, 0) is 45.2 Å². The molecule has 12 nitrogen and oxygen atoms in total. The van der Waals surface area contributed by atoms with Crippen molar-refractivity contribution in [3.63, 3.8) is 0 Å². The van der Waals surface area contributed by atoms with Crippen molar-refractivity contribution in [2.75, 3.05) is 45.9 Å². The van der Waals surface area contributed by atoms with Crippen LogP contribution in [0.15, 0.2) is 24.3 Å². The number of nitrogens with zero attached hydrogens (tertiary/aromatic N) is 5. The van der Waals surface area contributed by atoms with Gasteiger partial charge >= 0.3 is 12.1 Å². The number of aliphatic carboxylic acids is 1. The number of aromatic nitrogens is 2. The average Bonchev–Trinajstić information content (AvgIpc) is 3.31. The zero-order valence-electron chi connectivity index (χ0n) is 25.2. The van der Waals surface area contributed by atoms with Crippen molar-refractivity contribution in [1.82, 2.24) is 24.3 Å². The van der Waals surface area contributed by atoms with Crippen LogP contribution in [0.1, 0.15) is 58.1 Å². The number of piperidine rings is 1. The van der Waals surface area contributed by atoms with Gasteiger partial charge in [0.2, 0.25) is 5.91 Å². The van der Waals surface area contributed by atoms with Crippen molar-refractivity contribution < 1.29 is 33.8 Å². The highest BCUT2D eigenvalue weighted by atomic mass is 16.6. The molecule has 0 saturated carbocycles. The van der Waals surface area contributed by atoms with Gasteiger partial charge in [0.25, 0.3) is 5.91 Å². The molecule has 2 atom stereocenters. The van der Waals surface area contributed by atoms with Gasteiger partial charge in [-0.2, -0.15) is 0 Å². The molecule has 42 heavy (non-hydrogen) atoms. The number of amides is 3. The third kappa shape index (κ3) is 7.58. The van der Waals surface area contributed by atoms with Crippen LogP contribution in [0, 0.1) is 11.8 Å². The number of rotatable bonds is 8. The molecule has 0 radical (unpaired) electrons. The zero-order valence-corrected chi connectivity index (χ0v) is 25.2. The maximum atomic E-state index is 14.3. The Hall–Kier alpha value is -3.67. The summed E-state index contributed by atoms with van der Waals surface area (Å²) in [7, 11) is 0. The van der Waals surface area contributed by atoms with Crippen molar-refractivity contribution in [3.8, 4) is 0 Å². The number of hydrogen-bond donors (Lipinski definition) is 1. The SMILES string of the molecule is CC(C)CN(C(=O)c1nc2ccccc2n1CCC(=O)O)[C@H]1C[C@@H](C(=O)N2CCOCC2)CN(C(=O)OC(C)(C)C)C1. The molecule has 2 aromatic rings. The summed E-state index contributed by atoms with van der Waals surface area (Å²) < 4.78 is 12.8. The Bertz CT molecular complexity index is 1290. The summed E-state index contributed by atoms with van der Waals surface area (Å²) >= 11 is 0. The highest BCUT2D eigenvalue weighted by Gasteiger charge is 2.41. The molecule has 2 saturated heterocycles. The van der Waals surface area contributed by atoms with Crippen molar-refractivity contribution in [3.05, 3.63) is 30.1 Å². The monoisotopic (exact) mass is 585 g/mol. The largest absolute Gasteiger partial charge is 0.481 e. The quantitative estimate of drug-likeness (QED) is 0.500. The Balaban J connectivity index is 1.70. The van der Waals surface area contributed by atoms with E-state index in [-0.39, 0.29) is 49.6 Å². The minimum atomic E-state index is -0.977. The van der Waals surface area contributed by atoms with Crippen LogP contribution in [0.25, 0.3) is 11.0 Å². The van der Waals surface area contributed by atoms with Crippen LogP contribution in [0.4, 0.5) is 4.79 Å². The van der Waals surface area contributed by atoms with E-state index in [1.807, 2.05) is 32.0 Å². The van der Waals surface area contributed by atoms with Crippen molar-refractivity contribution in [2.45, 2.75) is 65.6 Å². The van der Waals surface area contributed by atoms with E-state index in [1.165, 1.54) is 4.90 Å². The molecule has 1 aromatic carbocycles. The number of hydrogen-bond acceptors (Lipinski definition) is 7. The van der Waals surface area contributed by atoms with Gasteiger partial charge in [-0.15, -0.1) is 0 Å². The molecule has 1 N–H and O–H groups in total. The Kier molecular flexibility index (Phi) is 9.75. The molecule has 3 amide bonds. The van der Waals surface area contributed by atoms with Crippen LogP contribution in [0.3, 0.4) is 0 Å². The number of imidazole rings is 1. The molecule has 12 heteroatoms. The molecule has 1 aromatic heterocycles. The summed E-state index contributed by atoms with van der Waals surface area (Å²) in [6.07, 6.45) is -0.322. The topological polar surface area (TPSA) is 135 Å². The molecule has 0 aliphatic carbocycles. The molecule has 230 valence electrons. The summed E-state index contributed by atoms with van der Waals surface area (Å²) in [5.74, 6) is -1.71. The predicted molar refractivity (Wildman–Crippen MR) is 155 cm³/mol. The van der Waals surface area contributed by atoms with Crippen LogP contribution in [0.2, 0.25) is 0 Å². The van der Waals surface area contributed by atoms with Crippen LogP contribution in [-0.4, -0.2) is 111 Å². The first-order valence-electron chi connectivity index (χ1n) is 14.7. The molecule has 0 bridgehead atoms. The fourth-order valence-electron chi connectivity index (χ4n) is 5.59. The molecular weight excluding hydrogens is 542 g/mol. The number of benzene rings is 1. The van der Waals surface area contributed by atoms with Crippen molar-refractivity contribution in [1.29, 1.82) is 0 Å². The van der Waals surface area contributed by atoms with Crippen LogP contribution in [0.5, 0.6) is 0 Å². The average molecular weight is 586 g/mol. The first kappa shape index (κ1) is 31.3. The standard InChI is InChI=1S/C30H43N5O7/c1-20(2)17-35(28(39)26-31-23-8-6-7-9-24(23)34(26)11-10-25(36)37)22-16-21(27(38)32-12-14-41-15-13-32)18-33(19-22)29(40)42-30(3,4)5/h6-9,20-22H,10-19H2,1-5H3,(H,36,37)/t21-,22+/m1/s1. The van der Waals surface area contributed by atoms with Crippen LogP contribution >= 0.6 is 0 Å². The van der Waals surface area contributed by atoms with E-state index < -0.39 is 29.6 Å². The molecule has 4 rings (SSSR count). The van der Waals surface area contributed by atoms with Gasteiger partial charge in [0.15, 0.2) is 5.82 Å². The number of aryl methyl sites for hydroxylation is 1. The van der Waals surface area contributed by atoms with Gasteiger partial charge in [-0.1, -0.05) is 26.0 Å². The fourth-order valence-corrected chi connectivity index (χ4v) is 5.59. The lowest BCUT2D eigenvalue weighted by molar-refractivity contribution is -0.142. The summed E-state index contributed by atoms with van der Waals surface area (Å²) in [6, 6.07) is 6.76. The number of para-hydroxylation sites is 2. The van der Waals surface area contributed by atoms with Crippen LogP contribution < -0.4 is 0 Å². The summed E-state index contributed by atoms with van der Waals surface area (Å²) in [6.45, 7) is 12.1. The first-order chi connectivity index (χ1) is 19.8. The lowest BCUT2D eigenvalue weighted by atomic mass is 9.91. The first-order valence-corrected chi connectivity index (χ1v) is 14.7. The van der Waals surface area contributed by atoms with E-state index in [4.69, 9.17) is 9.47 Å². The molecule has 2 fully saturated rings. The number of morpholine rings is 1. The minimum absolute atomic E-state index is 0.0674. The summed E-state index contributed by atoms with van der Waals surface area (Å²) in [5.41, 5.74) is 0.539. The van der Waals surface area contributed by atoms with Gasteiger partial charge in [-0.3, -0.25) is 14.4 Å². The highest BCUT2D eigenvalue weighted by molar-refractivity contribution is 5.95. The second-order valence-electron chi connectivity index (χ2n) is 12.5. The number of likely N-dealkylation sites (tertiary alicyclic amines) is 1. The summed E-state index contributed by atoms with van der Waals surface area (Å²) in [5, 5.41) is 9.37. The van der Waals surface area contributed by atoms with E-state index in [2.05, 4.69) is 4.98 Å². The smallest absolute Gasteiger partial charge is 0.410 e. The van der Waals surface area contributed by atoms with E-state index in [1.54, 1.807) is 41.2 Å². The Morgan fingerprint density at radius 2 is 1.79 bits per heavy atom. The van der Waals surface area contributed by atoms with E-state index in [0.717, 1.165) is 0 Å².